The summed E-state index contributed by atoms with van der Waals surface area (Å²) in [6.07, 6.45) is 0.202. The first-order valence-electron chi connectivity index (χ1n) is 5.71. The van der Waals surface area contributed by atoms with Crippen molar-refractivity contribution in [1.82, 2.24) is 5.32 Å². The molecular weight excluding hydrogens is 262 g/mol. The second kappa shape index (κ2) is 4.20. The van der Waals surface area contributed by atoms with E-state index in [0.717, 1.165) is 0 Å². The molecule has 0 bridgehead atoms. The maximum absolute atomic E-state index is 11.8. The minimum atomic E-state index is -4.17. The van der Waals surface area contributed by atoms with Crippen LogP contribution in [0.2, 0.25) is 0 Å². The maximum Gasteiger partial charge on any atom is 0.326 e. The van der Waals surface area contributed by atoms with Crippen molar-refractivity contribution in [3.8, 4) is 0 Å². The minimum Gasteiger partial charge on any atom is -0.480 e. The summed E-state index contributed by atoms with van der Waals surface area (Å²) in [5, 5.41) is 10.4. The van der Waals surface area contributed by atoms with Gasteiger partial charge in [0.15, 0.2) is 0 Å². The van der Waals surface area contributed by atoms with E-state index < -0.39 is 39.2 Å². The SMILES string of the molecule is CC1C2CC(S(=O)(=O)O)CC2C(=O)N[C@@H]1C(=O)O. The fourth-order valence-corrected chi connectivity index (χ4v) is 3.99. The van der Waals surface area contributed by atoms with Gasteiger partial charge in [0.05, 0.1) is 5.25 Å². The van der Waals surface area contributed by atoms with Crippen molar-refractivity contribution in [2.45, 2.75) is 31.1 Å². The van der Waals surface area contributed by atoms with Crippen LogP contribution in [0.5, 0.6) is 0 Å². The molecule has 2 aliphatic rings. The molecule has 4 unspecified atom stereocenters. The largest absolute Gasteiger partial charge is 0.480 e. The number of amides is 1. The third kappa shape index (κ3) is 2.10. The highest BCUT2D eigenvalue weighted by Gasteiger charge is 2.51. The first-order valence-corrected chi connectivity index (χ1v) is 7.21. The summed E-state index contributed by atoms with van der Waals surface area (Å²) >= 11 is 0. The van der Waals surface area contributed by atoms with Crippen molar-refractivity contribution < 1.29 is 27.7 Å². The molecule has 1 aliphatic heterocycles. The first-order chi connectivity index (χ1) is 8.21. The molecule has 0 spiro atoms. The van der Waals surface area contributed by atoms with Gasteiger partial charge in [-0.05, 0) is 24.7 Å². The molecule has 7 nitrogen and oxygen atoms in total. The topological polar surface area (TPSA) is 121 Å². The van der Waals surface area contributed by atoms with Crippen LogP contribution >= 0.6 is 0 Å². The smallest absolute Gasteiger partial charge is 0.326 e. The highest BCUT2D eigenvalue weighted by atomic mass is 32.2. The molecule has 0 aromatic heterocycles. The van der Waals surface area contributed by atoms with Gasteiger partial charge in [-0.3, -0.25) is 9.35 Å². The van der Waals surface area contributed by atoms with Crippen molar-refractivity contribution in [3.63, 3.8) is 0 Å². The Morgan fingerprint density at radius 2 is 2.00 bits per heavy atom. The molecule has 1 aliphatic carbocycles. The molecule has 0 aromatic rings. The molecule has 2 rings (SSSR count). The molecular formula is C10H15NO6S. The highest BCUT2D eigenvalue weighted by Crippen LogP contribution is 2.43. The molecule has 0 radical (unpaired) electrons. The molecule has 5 atom stereocenters. The van der Waals surface area contributed by atoms with Gasteiger partial charge >= 0.3 is 5.97 Å². The number of aliphatic carboxylic acids is 1. The molecule has 102 valence electrons. The van der Waals surface area contributed by atoms with Crippen LogP contribution in [0.1, 0.15) is 19.8 Å². The van der Waals surface area contributed by atoms with Gasteiger partial charge < -0.3 is 10.4 Å². The number of piperidine rings is 1. The van der Waals surface area contributed by atoms with Crippen molar-refractivity contribution in [2.75, 3.05) is 0 Å². The number of rotatable bonds is 2. The number of carbonyl (C=O) groups is 2. The third-order valence-corrected chi connectivity index (χ3v) is 5.32. The molecule has 1 saturated heterocycles. The van der Waals surface area contributed by atoms with Crippen LogP contribution in [0.4, 0.5) is 0 Å². The summed E-state index contributed by atoms with van der Waals surface area (Å²) in [6, 6.07) is -0.987. The van der Waals surface area contributed by atoms with E-state index in [1.54, 1.807) is 6.92 Å². The number of carboxylic acid groups (broad SMARTS) is 1. The average molecular weight is 277 g/mol. The normalized spacial score (nSPS) is 40.1. The van der Waals surface area contributed by atoms with E-state index in [2.05, 4.69) is 5.32 Å². The number of hydrogen-bond acceptors (Lipinski definition) is 4. The van der Waals surface area contributed by atoms with E-state index in [9.17, 15) is 18.0 Å². The Morgan fingerprint density at radius 1 is 1.39 bits per heavy atom. The number of hydrogen-bond donors (Lipinski definition) is 3. The van der Waals surface area contributed by atoms with Crippen LogP contribution < -0.4 is 5.32 Å². The van der Waals surface area contributed by atoms with E-state index in [1.165, 1.54) is 0 Å². The fraction of sp³-hybridized carbons (Fsp3) is 0.800. The van der Waals surface area contributed by atoms with Crippen LogP contribution in [0.25, 0.3) is 0 Å². The molecule has 18 heavy (non-hydrogen) atoms. The maximum atomic E-state index is 11.8. The van der Waals surface area contributed by atoms with E-state index in [0.29, 0.717) is 0 Å². The molecule has 3 N–H and O–H groups in total. The van der Waals surface area contributed by atoms with Crippen molar-refractivity contribution in [3.05, 3.63) is 0 Å². The van der Waals surface area contributed by atoms with Gasteiger partial charge in [0, 0.05) is 5.92 Å². The second-order valence-corrected chi connectivity index (χ2v) is 6.76. The summed E-state index contributed by atoms with van der Waals surface area (Å²) in [5.74, 6) is -2.74. The first kappa shape index (κ1) is 13.3. The van der Waals surface area contributed by atoms with E-state index in [4.69, 9.17) is 9.66 Å². The fourth-order valence-electron chi connectivity index (χ4n) is 3.07. The molecule has 0 aromatic carbocycles. The molecule has 8 heteroatoms. The Hall–Kier alpha value is -1.15. The number of carbonyl (C=O) groups excluding carboxylic acids is 1. The Bertz CT molecular complexity index is 487. The Morgan fingerprint density at radius 3 is 2.50 bits per heavy atom. The highest BCUT2D eigenvalue weighted by molar-refractivity contribution is 7.86. The van der Waals surface area contributed by atoms with E-state index in [-0.39, 0.29) is 24.7 Å². The Kier molecular flexibility index (Phi) is 3.10. The van der Waals surface area contributed by atoms with Crippen molar-refractivity contribution in [1.29, 1.82) is 0 Å². The van der Waals surface area contributed by atoms with E-state index in [1.807, 2.05) is 0 Å². The lowest BCUT2D eigenvalue weighted by Gasteiger charge is -2.35. The van der Waals surface area contributed by atoms with Crippen LogP contribution in [-0.4, -0.2) is 41.2 Å². The van der Waals surface area contributed by atoms with Crippen LogP contribution in [0.15, 0.2) is 0 Å². The Labute approximate surface area is 104 Å². The van der Waals surface area contributed by atoms with Crippen LogP contribution in [0, 0.1) is 17.8 Å². The zero-order valence-electron chi connectivity index (χ0n) is 9.74. The molecule has 1 heterocycles. The molecule has 1 amide bonds. The standard InChI is InChI=1S/C10H15NO6S/c1-4-6-2-5(18(15,16)17)3-7(6)9(12)11-8(4)10(13)14/h4-8H,2-3H2,1H3,(H,11,12)(H,13,14)(H,15,16,17)/t4?,5?,6?,7?,8-/m0/s1. The summed E-state index contributed by atoms with van der Waals surface area (Å²) in [4.78, 5) is 22.8. The minimum absolute atomic E-state index is 0.0615. The van der Waals surface area contributed by atoms with Crippen LogP contribution in [0.3, 0.4) is 0 Å². The monoisotopic (exact) mass is 277 g/mol. The number of fused-ring (bicyclic) bond motifs is 1. The summed E-state index contributed by atoms with van der Waals surface area (Å²) in [6.45, 7) is 1.68. The lowest BCUT2D eigenvalue weighted by Crippen LogP contribution is -2.55. The second-order valence-electron chi connectivity index (χ2n) is 5.06. The van der Waals surface area contributed by atoms with Crippen LogP contribution in [-0.2, 0) is 19.7 Å². The van der Waals surface area contributed by atoms with Gasteiger partial charge in [-0.15, -0.1) is 0 Å². The predicted octanol–water partition coefficient (Wildman–Crippen LogP) is -0.512. The predicted molar refractivity (Wildman–Crippen MR) is 60.3 cm³/mol. The summed E-state index contributed by atoms with van der Waals surface area (Å²) in [5.41, 5.74) is 0. The van der Waals surface area contributed by atoms with Gasteiger partial charge in [-0.2, -0.15) is 8.42 Å². The van der Waals surface area contributed by atoms with Gasteiger partial charge in [0.25, 0.3) is 10.1 Å². The zero-order valence-corrected chi connectivity index (χ0v) is 10.6. The molecule has 2 fully saturated rings. The lowest BCUT2D eigenvalue weighted by atomic mass is 9.77. The molecule has 1 saturated carbocycles. The van der Waals surface area contributed by atoms with Crippen molar-refractivity contribution in [2.24, 2.45) is 17.8 Å². The van der Waals surface area contributed by atoms with E-state index >= 15 is 0 Å². The number of carboxylic acids is 1. The average Bonchev–Trinajstić information content (AvgIpc) is 2.67. The number of nitrogens with one attached hydrogen (secondary N) is 1. The van der Waals surface area contributed by atoms with Gasteiger partial charge in [-0.1, -0.05) is 6.92 Å². The third-order valence-electron chi connectivity index (χ3n) is 4.09. The Balaban J connectivity index is 2.25. The van der Waals surface area contributed by atoms with Gasteiger partial charge in [0.1, 0.15) is 6.04 Å². The van der Waals surface area contributed by atoms with Gasteiger partial charge in [-0.25, -0.2) is 4.79 Å². The lowest BCUT2D eigenvalue weighted by molar-refractivity contribution is -0.148. The quantitative estimate of drug-likeness (QED) is 0.584. The zero-order chi connectivity index (χ0) is 13.7. The van der Waals surface area contributed by atoms with Crippen molar-refractivity contribution >= 4 is 22.0 Å². The summed E-state index contributed by atoms with van der Waals surface area (Å²) in [7, 11) is -4.17. The summed E-state index contributed by atoms with van der Waals surface area (Å²) < 4.78 is 31.3. The van der Waals surface area contributed by atoms with Gasteiger partial charge in [0.2, 0.25) is 5.91 Å².